The number of carboxylic acids is 1. The smallest absolute Gasteiger partial charge is 0.324 e. The molecule has 0 aromatic carbocycles. The van der Waals surface area contributed by atoms with Gasteiger partial charge in [0.25, 0.3) is 0 Å². The van der Waals surface area contributed by atoms with Crippen molar-refractivity contribution < 1.29 is 9.90 Å². The summed E-state index contributed by atoms with van der Waals surface area (Å²) in [5.41, 5.74) is -0.508. The van der Waals surface area contributed by atoms with E-state index >= 15 is 0 Å². The zero-order valence-electron chi connectivity index (χ0n) is 10.7. The summed E-state index contributed by atoms with van der Waals surface area (Å²) in [7, 11) is 0. The van der Waals surface area contributed by atoms with Gasteiger partial charge in [0.05, 0.1) is 0 Å². The van der Waals surface area contributed by atoms with E-state index in [1.807, 2.05) is 0 Å². The molecule has 2 atom stereocenters. The maximum absolute atomic E-state index is 11.8. The van der Waals surface area contributed by atoms with Crippen molar-refractivity contribution in [3.63, 3.8) is 0 Å². The summed E-state index contributed by atoms with van der Waals surface area (Å²) in [5.74, 6) is 0.940. The summed E-state index contributed by atoms with van der Waals surface area (Å²) in [4.78, 5) is 14.2. The number of nitrogens with zero attached hydrogens (tertiary/aromatic N) is 1. The first-order valence-corrected chi connectivity index (χ1v) is 7.12. The molecule has 2 aliphatic carbocycles. The molecule has 0 amide bonds. The molecule has 1 aliphatic heterocycles. The molecule has 0 spiro atoms. The number of piperidine rings is 1. The first kappa shape index (κ1) is 11.5. The van der Waals surface area contributed by atoms with Crippen LogP contribution in [0.2, 0.25) is 0 Å². The molecule has 0 aromatic heterocycles. The molecule has 2 bridgehead atoms. The lowest BCUT2D eigenvalue weighted by Gasteiger charge is -2.46. The van der Waals surface area contributed by atoms with Crippen LogP contribution in [0.25, 0.3) is 0 Å². The Balaban J connectivity index is 1.83. The fourth-order valence-corrected chi connectivity index (χ4v) is 4.31. The van der Waals surface area contributed by atoms with E-state index in [0.29, 0.717) is 12.0 Å². The van der Waals surface area contributed by atoms with Crippen molar-refractivity contribution in [3.8, 4) is 0 Å². The van der Waals surface area contributed by atoms with Crippen LogP contribution in [0.5, 0.6) is 0 Å². The molecule has 1 heterocycles. The number of carbonyl (C=O) groups is 1. The molecular formula is C14H23NO2. The second-order valence-corrected chi connectivity index (χ2v) is 6.50. The van der Waals surface area contributed by atoms with Gasteiger partial charge < -0.3 is 5.11 Å². The van der Waals surface area contributed by atoms with Crippen molar-refractivity contribution in [3.05, 3.63) is 0 Å². The third-order valence-electron chi connectivity index (χ3n) is 5.46. The molecule has 17 heavy (non-hydrogen) atoms. The number of hydrogen-bond acceptors (Lipinski definition) is 2. The summed E-state index contributed by atoms with van der Waals surface area (Å²) in [6.45, 7) is 3.30. The minimum absolute atomic E-state index is 0.508. The Kier molecular flexibility index (Phi) is 2.69. The molecular weight excluding hydrogens is 214 g/mol. The molecule has 2 unspecified atom stereocenters. The van der Waals surface area contributed by atoms with Crippen molar-refractivity contribution >= 4 is 5.97 Å². The van der Waals surface area contributed by atoms with Crippen LogP contribution in [-0.2, 0) is 4.79 Å². The van der Waals surface area contributed by atoms with Gasteiger partial charge in [-0.05, 0) is 56.8 Å². The van der Waals surface area contributed by atoms with Gasteiger partial charge in [-0.25, -0.2) is 0 Å². The van der Waals surface area contributed by atoms with E-state index in [1.165, 1.54) is 19.3 Å². The maximum atomic E-state index is 11.8. The minimum Gasteiger partial charge on any atom is -0.480 e. The Morgan fingerprint density at radius 2 is 1.94 bits per heavy atom. The van der Waals surface area contributed by atoms with Gasteiger partial charge in [0, 0.05) is 12.6 Å². The van der Waals surface area contributed by atoms with Gasteiger partial charge >= 0.3 is 5.97 Å². The highest BCUT2D eigenvalue weighted by molar-refractivity contribution is 5.79. The van der Waals surface area contributed by atoms with E-state index in [-0.39, 0.29) is 0 Å². The largest absolute Gasteiger partial charge is 0.480 e. The zero-order valence-corrected chi connectivity index (χ0v) is 10.7. The molecule has 0 radical (unpaired) electrons. The van der Waals surface area contributed by atoms with Crippen LogP contribution < -0.4 is 0 Å². The third-order valence-corrected chi connectivity index (χ3v) is 5.46. The third kappa shape index (κ3) is 1.70. The van der Waals surface area contributed by atoms with E-state index < -0.39 is 11.5 Å². The fourth-order valence-electron chi connectivity index (χ4n) is 4.31. The molecule has 3 heteroatoms. The predicted octanol–water partition coefficient (Wildman–Crippen LogP) is 2.50. The number of hydrogen-bond donors (Lipinski definition) is 1. The Morgan fingerprint density at radius 1 is 1.24 bits per heavy atom. The van der Waals surface area contributed by atoms with Gasteiger partial charge in [-0.2, -0.15) is 0 Å². The van der Waals surface area contributed by atoms with E-state index in [4.69, 9.17) is 0 Å². The van der Waals surface area contributed by atoms with Gasteiger partial charge in [0.2, 0.25) is 0 Å². The van der Waals surface area contributed by atoms with Gasteiger partial charge in [-0.3, -0.25) is 9.69 Å². The van der Waals surface area contributed by atoms with Crippen molar-refractivity contribution in [2.45, 2.75) is 63.5 Å². The summed E-state index contributed by atoms with van der Waals surface area (Å²) in [5, 5.41) is 9.72. The van der Waals surface area contributed by atoms with Gasteiger partial charge in [0.15, 0.2) is 0 Å². The van der Waals surface area contributed by atoms with Crippen LogP contribution in [-0.4, -0.2) is 34.1 Å². The Bertz CT molecular complexity index is 320. The Morgan fingerprint density at radius 3 is 2.41 bits per heavy atom. The second-order valence-electron chi connectivity index (χ2n) is 6.50. The monoisotopic (exact) mass is 237 g/mol. The minimum atomic E-state index is -0.558. The topological polar surface area (TPSA) is 40.5 Å². The molecule has 3 nitrogen and oxygen atoms in total. The van der Waals surface area contributed by atoms with Crippen molar-refractivity contribution in [1.29, 1.82) is 0 Å². The lowest BCUT2D eigenvalue weighted by Crippen LogP contribution is -2.58. The highest BCUT2D eigenvalue weighted by atomic mass is 16.4. The van der Waals surface area contributed by atoms with E-state index in [9.17, 15) is 9.90 Å². The number of rotatable bonds is 2. The Hall–Kier alpha value is -0.570. The van der Waals surface area contributed by atoms with Gasteiger partial charge in [-0.15, -0.1) is 0 Å². The average molecular weight is 237 g/mol. The number of fused-ring (bicyclic) bond motifs is 2. The summed E-state index contributed by atoms with van der Waals surface area (Å²) in [6.07, 6.45) is 7.72. The van der Waals surface area contributed by atoms with Gasteiger partial charge in [-0.1, -0.05) is 6.92 Å². The number of aliphatic carboxylic acids is 1. The SMILES string of the molecule is CC1CCC(C(=O)O)(N2CC3CCC2C3)CC1. The molecule has 2 saturated carbocycles. The lowest BCUT2D eigenvalue weighted by molar-refractivity contribution is -0.156. The van der Waals surface area contributed by atoms with E-state index in [1.54, 1.807) is 0 Å². The van der Waals surface area contributed by atoms with E-state index in [0.717, 1.165) is 38.1 Å². The summed E-state index contributed by atoms with van der Waals surface area (Å²) >= 11 is 0. The van der Waals surface area contributed by atoms with Crippen LogP contribution >= 0.6 is 0 Å². The predicted molar refractivity (Wildman–Crippen MR) is 65.8 cm³/mol. The first-order chi connectivity index (χ1) is 8.12. The lowest BCUT2D eigenvalue weighted by atomic mass is 9.75. The summed E-state index contributed by atoms with van der Waals surface area (Å²) in [6, 6.07) is 0.574. The van der Waals surface area contributed by atoms with Crippen LogP contribution in [0.1, 0.15) is 51.9 Å². The molecule has 3 rings (SSSR count). The second kappa shape index (κ2) is 3.98. The van der Waals surface area contributed by atoms with Crippen LogP contribution in [0.4, 0.5) is 0 Å². The molecule has 0 aromatic rings. The molecule has 3 fully saturated rings. The first-order valence-electron chi connectivity index (χ1n) is 7.12. The molecule has 1 N–H and O–H groups in total. The summed E-state index contributed by atoms with van der Waals surface area (Å²) < 4.78 is 0. The number of likely N-dealkylation sites (tertiary alicyclic amines) is 1. The Labute approximate surface area is 103 Å². The average Bonchev–Trinajstić information content (AvgIpc) is 2.92. The zero-order chi connectivity index (χ0) is 12.0. The van der Waals surface area contributed by atoms with Gasteiger partial charge in [0.1, 0.15) is 5.54 Å². The van der Waals surface area contributed by atoms with Crippen molar-refractivity contribution in [2.24, 2.45) is 11.8 Å². The normalized spacial score (nSPS) is 46.3. The molecule has 96 valence electrons. The maximum Gasteiger partial charge on any atom is 0.324 e. The van der Waals surface area contributed by atoms with Crippen molar-refractivity contribution in [1.82, 2.24) is 4.90 Å². The molecule has 1 saturated heterocycles. The standard InChI is InChI=1S/C14H23NO2/c1-10-4-6-14(7-5-10,13(16)17)15-9-11-2-3-12(15)8-11/h10-12H,2-9H2,1H3,(H,16,17). The van der Waals surface area contributed by atoms with E-state index in [2.05, 4.69) is 11.8 Å². The van der Waals surface area contributed by atoms with Crippen LogP contribution in [0.15, 0.2) is 0 Å². The highest BCUT2D eigenvalue weighted by Crippen LogP contribution is 2.46. The van der Waals surface area contributed by atoms with Crippen LogP contribution in [0, 0.1) is 11.8 Å². The fraction of sp³-hybridized carbons (Fsp3) is 0.929. The number of carboxylic acid groups (broad SMARTS) is 1. The van der Waals surface area contributed by atoms with Crippen molar-refractivity contribution in [2.75, 3.05) is 6.54 Å². The van der Waals surface area contributed by atoms with Crippen LogP contribution in [0.3, 0.4) is 0 Å². The quantitative estimate of drug-likeness (QED) is 0.802. The molecule has 3 aliphatic rings. The highest BCUT2D eigenvalue weighted by Gasteiger charge is 2.53.